The summed E-state index contributed by atoms with van der Waals surface area (Å²) in [6.07, 6.45) is 0. The molecule has 0 aromatic heterocycles. The third-order valence-electron chi connectivity index (χ3n) is 2.12. The zero-order chi connectivity index (χ0) is 8.39. The first kappa shape index (κ1) is 8.87. The third kappa shape index (κ3) is 1.79. The summed E-state index contributed by atoms with van der Waals surface area (Å²) in [7, 11) is 0. The third-order valence-corrected chi connectivity index (χ3v) is 4.00. The summed E-state index contributed by atoms with van der Waals surface area (Å²) in [5.74, 6) is 4.10. The molecule has 0 amide bonds. The highest BCUT2D eigenvalue weighted by Crippen LogP contribution is 2.16. The normalized spacial score (nSPS) is 35.7. The molecular weight excluding hydrogens is 192 g/mol. The van der Waals surface area contributed by atoms with Crippen LogP contribution < -0.4 is 10.6 Å². The molecule has 2 fully saturated rings. The quantitative estimate of drug-likeness (QED) is 0.656. The van der Waals surface area contributed by atoms with Gasteiger partial charge in [-0.1, -0.05) is 0 Å². The minimum absolute atomic E-state index is 0.103. The Morgan fingerprint density at radius 2 is 1.58 bits per heavy atom. The van der Waals surface area contributed by atoms with Crippen molar-refractivity contribution in [3.8, 4) is 0 Å². The molecule has 2 aliphatic heterocycles. The van der Waals surface area contributed by atoms with Gasteiger partial charge in [-0.15, -0.1) is 23.5 Å². The number of rotatable bonds is 2. The second kappa shape index (κ2) is 4.00. The fourth-order valence-corrected chi connectivity index (χ4v) is 3.31. The first-order valence-electron chi connectivity index (χ1n) is 4.04. The van der Waals surface area contributed by atoms with Crippen LogP contribution in [0.5, 0.6) is 0 Å². The van der Waals surface area contributed by atoms with Crippen LogP contribution in [-0.2, 0) is 4.79 Å². The van der Waals surface area contributed by atoms with Gasteiger partial charge >= 0.3 is 0 Å². The molecule has 2 unspecified atom stereocenters. The molecule has 12 heavy (non-hydrogen) atoms. The van der Waals surface area contributed by atoms with Gasteiger partial charge in [0.25, 0.3) is 0 Å². The van der Waals surface area contributed by atoms with Crippen molar-refractivity contribution in [2.45, 2.75) is 12.1 Å². The molecule has 3 nitrogen and oxygen atoms in total. The Labute approximate surface area is 80.4 Å². The van der Waals surface area contributed by atoms with Crippen molar-refractivity contribution in [3.05, 3.63) is 0 Å². The minimum atomic E-state index is 0.103. The summed E-state index contributed by atoms with van der Waals surface area (Å²) in [5.41, 5.74) is 0. The maximum Gasteiger partial charge on any atom is 0.168 e. The molecule has 2 aliphatic rings. The maximum atomic E-state index is 11.7. The van der Waals surface area contributed by atoms with Gasteiger partial charge in [0.1, 0.15) is 0 Å². The Morgan fingerprint density at radius 1 is 1.08 bits per heavy atom. The number of hydrogen-bond donors (Lipinski definition) is 2. The van der Waals surface area contributed by atoms with E-state index in [-0.39, 0.29) is 12.1 Å². The van der Waals surface area contributed by atoms with Crippen molar-refractivity contribution < 1.29 is 4.79 Å². The predicted molar refractivity (Wildman–Crippen MR) is 53.5 cm³/mol. The second-order valence-electron chi connectivity index (χ2n) is 2.95. The van der Waals surface area contributed by atoms with Crippen molar-refractivity contribution in [2.24, 2.45) is 0 Å². The van der Waals surface area contributed by atoms with E-state index >= 15 is 0 Å². The Morgan fingerprint density at radius 3 is 1.92 bits per heavy atom. The minimum Gasteiger partial charge on any atom is -0.298 e. The molecule has 2 rings (SSSR count). The largest absolute Gasteiger partial charge is 0.298 e. The smallest absolute Gasteiger partial charge is 0.168 e. The van der Waals surface area contributed by atoms with Crippen LogP contribution in [0.15, 0.2) is 0 Å². The number of hydrogen-bond acceptors (Lipinski definition) is 5. The number of Topliss-reactive ketones (excluding diaryl/α,β-unsaturated/α-hetero) is 1. The first-order chi connectivity index (χ1) is 5.88. The topological polar surface area (TPSA) is 41.1 Å². The SMILES string of the molecule is O=C(C1CSCN1)C1CSCN1. The van der Waals surface area contributed by atoms with Gasteiger partial charge in [-0.2, -0.15) is 0 Å². The molecule has 2 atom stereocenters. The standard InChI is InChI=1S/C7H12N2OS2/c10-7(5-1-11-3-8-5)6-2-12-4-9-6/h5-6,8-9H,1-4H2. The van der Waals surface area contributed by atoms with Crippen molar-refractivity contribution in [3.63, 3.8) is 0 Å². The van der Waals surface area contributed by atoms with Crippen LogP contribution >= 0.6 is 23.5 Å². The molecule has 2 saturated heterocycles. The van der Waals surface area contributed by atoms with Gasteiger partial charge in [-0.25, -0.2) is 0 Å². The Balaban J connectivity index is 1.89. The summed E-state index contributed by atoms with van der Waals surface area (Å²) in [4.78, 5) is 11.7. The summed E-state index contributed by atoms with van der Waals surface area (Å²) in [6, 6.07) is 0.206. The average molecular weight is 204 g/mol. The van der Waals surface area contributed by atoms with E-state index in [4.69, 9.17) is 0 Å². The number of carbonyl (C=O) groups is 1. The number of ketones is 1. The molecule has 0 aromatic carbocycles. The van der Waals surface area contributed by atoms with Crippen LogP contribution in [0.2, 0.25) is 0 Å². The van der Waals surface area contributed by atoms with E-state index in [1.54, 1.807) is 23.5 Å². The first-order valence-corrected chi connectivity index (χ1v) is 6.35. The van der Waals surface area contributed by atoms with E-state index in [0.29, 0.717) is 5.78 Å². The van der Waals surface area contributed by atoms with Crippen LogP contribution in [0.1, 0.15) is 0 Å². The van der Waals surface area contributed by atoms with Crippen LogP contribution in [0.3, 0.4) is 0 Å². The molecule has 5 heteroatoms. The van der Waals surface area contributed by atoms with Crippen LogP contribution in [-0.4, -0.2) is 41.1 Å². The molecule has 2 heterocycles. The lowest BCUT2D eigenvalue weighted by Crippen LogP contribution is -2.45. The van der Waals surface area contributed by atoms with Gasteiger partial charge in [-0.05, 0) is 0 Å². The predicted octanol–water partition coefficient (Wildman–Crippen LogP) is -0.120. The average Bonchev–Trinajstić information content (AvgIpc) is 2.77. The lowest BCUT2D eigenvalue weighted by atomic mass is 10.1. The molecule has 0 radical (unpaired) electrons. The monoisotopic (exact) mass is 204 g/mol. The highest BCUT2D eigenvalue weighted by molar-refractivity contribution is 7.99. The molecule has 0 saturated carbocycles. The highest BCUT2D eigenvalue weighted by atomic mass is 32.2. The fraction of sp³-hybridized carbons (Fsp3) is 0.857. The van der Waals surface area contributed by atoms with E-state index in [9.17, 15) is 4.79 Å². The maximum absolute atomic E-state index is 11.7. The van der Waals surface area contributed by atoms with Crippen LogP contribution in [0.25, 0.3) is 0 Å². The summed E-state index contributed by atoms with van der Waals surface area (Å²) < 4.78 is 0. The Kier molecular flexibility index (Phi) is 2.96. The van der Waals surface area contributed by atoms with Crippen LogP contribution in [0.4, 0.5) is 0 Å². The zero-order valence-corrected chi connectivity index (χ0v) is 8.34. The summed E-state index contributed by atoms with van der Waals surface area (Å²) >= 11 is 3.61. The van der Waals surface area contributed by atoms with Crippen LogP contribution in [0, 0.1) is 0 Å². The van der Waals surface area contributed by atoms with Crippen molar-refractivity contribution in [2.75, 3.05) is 23.3 Å². The van der Waals surface area contributed by atoms with Gasteiger partial charge in [0.15, 0.2) is 5.78 Å². The molecule has 68 valence electrons. The molecule has 0 bridgehead atoms. The van der Waals surface area contributed by atoms with Gasteiger partial charge in [-0.3, -0.25) is 15.4 Å². The van der Waals surface area contributed by atoms with Gasteiger partial charge in [0.2, 0.25) is 0 Å². The van der Waals surface area contributed by atoms with E-state index in [0.717, 1.165) is 23.3 Å². The zero-order valence-electron chi connectivity index (χ0n) is 6.71. The second-order valence-corrected chi connectivity index (χ2v) is 5.01. The van der Waals surface area contributed by atoms with Gasteiger partial charge in [0.05, 0.1) is 12.1 Å². The van der Waals surface area contributed by atoms with Gasteiger partial charge in [0, 0.05) is 23.3 Å². The number of carbonyl (C=O) groups excluding carboxylic acids is 1. The Bertz CT molecular complexity index is 158. The van der Waals surface area contributed by atoms with Crippen molar-refractivity contribution in [1.29, 1.82) is 0 Å². The van der Waals surface area contributed by atoms with E-state index in [1.807, 2.05) is 0 Å². The Hall–Kier alpha value is 0.290. The number of nitrogens with one attached hydrogen (secondary N) is 2. The van der Waals surface area contributed by atoms with Gasteiger partial charge < -0.3 is 0 Å². The molecular formula is C7H12N2OS2. The molecule has 0 aromatic rings. The molecule has 0 spiro atoms. The van der Waals surface area contributed by atoms with Crippen molar-refractivity contribution >= 4 is 29.3 Å². The van der Waals surface area contributed by atoms with E-state index in [2.05, 4.69) is 10.6 Å². The molecule has 0 aliphatic carbocycles. The highest BCUT2D eigenvalue weighted by Gasteiger charge is 2.30. The lowest BCUT2D eigenvalue weighted by molar-refractivity contribution is -0.121. The van der Waals surface area contributed by atoms with Crippen molar-refractivity contribution in [1.82, 2.24) is 10.6 Å². The number of thioether (sulfide) groups is 2. The van der Waals surface area contributed by atoms with E-state index in [1.165, 1.54) is 0 Å². The van der Waals surface area contributed by atoms with E-state index < -0.39 is 0 Å². The lowest BCUT2D eigenvalue weighted by Gasteiger charge is -2.13. The summed E-state index contributed by atoms with van der Waals surface area (Å²) in [6.45, 7) is 0. The fourth-order valence-electron chi connectivity index (χ4n) is 1.40. The summed E-state index contributed by atoms with van der Waals surface area (Å²) in [5, 5.41) is 6.39. The molecule has 2 N–H and O–H groups in total.